The van der Waals surface area contributed by atoms with Gasteiger partial charge in [0.25, 0.3) is 5.91 Å². The van der Waals surface area contributed by atoms with E-state index in [4.69, 9.17) is 13.9 Å². The number of ether oxygens (including phenoxy) is 2. The van der Waals surface area contributed by atoms with Crippen LogP contribution in [0.2, 0.25) is 0 Å². The standard InChI is InChI=1S/C14H16N4O4/c1-9-17-18-13(21-9)7-16-14(19)10-2-3-12(15-6-10)22-11-4-5-20-8-11/h2-3,6,11H,4-5,7-8H2,1H3,(H,16,19). The number of rotatable bonds is 5. The summed E-state index contributed by atoms with van der Waals surface area (Å²) in [6.07, 6.45) is 2.36. The molecule has 0 spiro atoms. The van der Waals surface area contributed by atoms with Gasteiger partial charge in [0.1, 0.15) is 6.10 Å². The molecule has 1 amide bonds. The lowest BCUT2D eigenvalue weighted by molar-refractivity contribution is 0.0946. The third-order valence-corrected chi connectivity index (χ3v) is 3.14. The summed E-state index contributed by atoms with van der Waals surface area (Å²) in [5, 5.41) is 10.2. The van der Waals surface area contributed by atoms with Crippen molar-refractivity contribution >= 4 is 5.91 Å². The molecule has 1 saturated heterocycles. The fourth-order valence-corrected chi connectivity index (χ4v) is 2.03. The molecule has 1 N–H and O–H groups in total. The van der Waals surface area contributed by atoms with Gasteiger partial charge in [-0.1, -0.05) is 0 Å². The maximum absolute atomic E-state index is 12.0. The molecular formula is C14H16N4O4. The molecule has 1 aliphatic heterocycles. The Morgan fingerprint density at radius 2 is 2.36 bits per heavy atom. The average Bonchev–Trinajstić information content (AvgIpc) is 3.17. The Hall–Kier alpha value is -2.48. The molecule has 8 heteroatoms. The summed E-state index contributed by atoms with van der Waals surface area (Å²) < 4.78 is 16.0. The maximum atomic E-state index is 12.0. The SMILES string of the molecule is Cc1nnc(CNC(=O)c2ccc(OC3CCOC3)nc2)o1. The lowest BCUT2D eigenvalue weighted by Gasteiger charge is -2.10. The number of hydrogen-bond donors (Lipinski definition) is 1. The number of carbonyl (C=O) groups is 1. The molecule has 1 atom stereocenters. The van der Waals surface area contributed by atoms with Gasteiger partial charge < -0.3 is 19.2 Å². The van der Waals surface area contributed by atoms with Crippen LogP contribution in [0.15, 0.2) is 22.7 Å². The summed E-state index contributed by atoms with van der Waals surface area (Å²) in [7, 11) is 0. The van der Waals surface area contributed by atoms with Crippen molar-refractivity contribution in [1.82, 2.24) is 20.5 Å². The van der Waals surface area contributed by atoms with Gasteiger partial charge in [0, 0.05) is 25.6 Å². The van der Waals surface area contributed by atoms with Gasteiger partial charge in [0.2, 0.25) is 17.7 Å². The van der Waals surface area contributed by atoms with Gasteiger partial charge in [-0.2, -0.15) is 0 Å². The van der Waals surface area contributed by atoms with Gasteiger partial charge in [0.15, 0.2) is 0 Å². The van der Waals surface area contributed by atoms with Gasteiger partial charge >= 0.3 is 0 Å². The number of amides is 1. The monoisotopic (exact) mass is 304 g/mol. The van der Waals surface area contributed by atoms with Crippen molar-refractivity contribution in [3.8, 4) is 5.88 Å². The molecule has 3 heterocycles. The number of hydrogen-bond acceptors (Lipinski definition) is 7. The molecule has 0 aliphatic carbocycles. The summed E-state index contributed by atoms with van der Waals surface area (Å²) in [5.41, 5.74) is 0.436. The molecule has 3 rings (SSSR count). The maximum Gasteiger partial charge on any atom is 0.253 e. The lowest BCUT2D eigenvalue weighted by Crippen LogP contribution is -2.23. The summed E-state index contributed by atoms with van der Waals surface area (Å²) in [6, 6.07) is 3.33. The van der Waals surface area contributed by atoms with Crippen LogP contribution in [0.5, 0.6) is 5.88 Å². The predicted molar refractivity (Wildman–Crippen MR) is 74.3 cm³/mol. The topological polar surface area (TPSA) is 99.4 Å². The Labute approximate surface area is 126 Å². The number of nitrogens with zero attached hydrogens (tertiary/aromatic N) is 3. The van der Waals surface area contributed by atoms with Gasteiger partial charge in [-0.25, -0.2) is 4.98 Å². The average molecular weight is 304 g/mol. The highest BCUT2D eigenvalue weighted by atomic mass is 16.5. The second-order valence-electron chi connectivity index (χ2n) is 4.89. The normalized spacial score (nSPS) is 17.4. The highest BCUT2D eigenvalue weighted by molar-refractivity contribution is 5.93. The Morgan fingerprint density at radius 1 is 1.45 bits per heavy atom. The Balaban J connectivity index is 1.53. The van der Waals surface area contributed by atoms with Gasteiger partial charge in [-0.3, -0.25) is 4.79 Å². The molecule has 0 aromatic carbocycles. The van der Waals surface area contributed by atoms with Crippen LogP contribution >= 0.6 is 0 Å². The van der Waals surface area contributed by atoms with Crippen molar-refractivity contribution in [3.63, 3.8) is 0 Å². The van der Waals surface area contributed by atoms with Crippen molar-refractivity contribution in [2.45, 2.75) is 26.0 Å². The molecule has 0 saturated carbocycles. The van der Waals surface area contributed by atoms with Crippen LogP contribution in [0.3, 0.4) is 0 Å². The number of aryl methyl sites for hydroxylation is 1. The first kappa shape index (κ1) is 14.5. The quantitative estimate of drug-likeness (QED) is 0.874. The fourth-order valence-electron chi connectivity index (χ4n) is 2.03. The first-order chi connectivity index (χ1) is 10.7. The zero-order valence-electron chi connectivity index (χ0n) is 12.1. The van der Waals surface area contributed by atoms with Crippen LogP contribution < -0.4 is 10.1 Å². The second-order valence-corrected chi connectivity index (χ2v) is 4.89. The molecule has 0 bridgehead atoms. The van der Waals surface area contributed by atoms with E-state index in [0.717, 1.165) is 6.42 Å². The van der Waals surface area contributed by atoms with Crippen molar-refractivity contribution < 1.29 is 18.7 Å². The molecule has 8 nitrogen and oxygen atoms in total. The minimum absolute atomic E-state index is 0.0351. The van der Waals surface area contributed by atoms with E-state index < -0.39 is 0 Å². The summed E-state index contributed by atoms with van der Waals surface area (Å²) in [5.74, 6) is 1.04. The molecule has 1 fully saturated rings. The minimum atomic E-state index is -0.265. The van der Waals surface area contributed by atoms with E-state index in [-0.39, 0.29) is 18.6 Å². The predicted octanol–water partition coefficient (Wildman–Crippen LogP) is 0.871. The van der Waals surface area contributed by atoms with Crippen LogP contribution in [0.1, 0.15) is 28.6 Å². The molecule has 116 valence electrons. The molecular weight excluding hydrogens is 288 g/mol. The van der Waals surface area contributed by atoms with Crippen LogP contribution in [-0.2, 0) is 11.3 Å². The first-order valence-electron chi connectivity index (χ1n) is 6.98. The van der Waals surface area contributed by atoms with E-state index in [2.05, 4.69) is 20.5 Å². The molecule has 2 aromatic heterocycles. The van der Waals surface area contributed by atoms with Crippen LogP contribution in [0, 0.1) is 6.92 Å². The largest absolute Gasteiger partial charge is 0.472 e. The minimum Gasteiger partial charge on any atom is -0.472 e. The van der Waals surface area contributed by atoms with Crippen molar-refractivity contribution in [1.29, 1.82) is 0 Å². The number of aromatic nitrogens is 3. The third kappa shape index (κ3) is 3.59. The van der Waals surface area contributed by atoms with Crippen LogP contribution in [-0.4, -0.2) is 40.4 Å². The Morgan fingerprint density at radius 3 is 3.00 bits per heavy atom. The smallest absolute Gasteiger partial charge is 0.253 e. The summed E-state index contributed by atoms with van der Waals surface area (Å²) >= 11 is 0. The number of carbonyl (C=O) groups excluding carboxylic acids is 1. The third-order valence-electron chi connectivity index (χ3n) is 3.14. The zero-order valence-corrected chi connectivity index (χ0v) is 12.1. The van der Waals surface area contributed by atoms with Crippen molar-refractivity contribution in [2.24, 2.45) is 0 Å². The summed E-state index contributed by atoms with van der Waals surface area (Å²) in [6.45, 7) is 3.15. The highest BCUT2D eigenvalue weighted by Crippen LogP contribution is 2.14. The van der Waals surface area contributed by atoms with Crippen LogP contribution in [0.4, 0.5) is 0 Å². The Kier molecular flexibility index (Phi) is 4.29. The van der Waals surface area contributed by atoms with E-state index in [1.165, 1.54) is 6.20 Å². The highest BCUT2D eigenvalue weighted by Gasteiger charge is 2.18. The van der Waals surface area contributed by atoms with E-state index in [9.17, 15) is 4.79 Å². The summed E-state index contributed by atoms with van der Waals surface area (Å²) in [4.78, 5) is 16.1. The van der Waals surface area contributed by atoms with Gasteiger partial charge in [0.05, 0.1) is 25.3 Å². The second kappa shape index (κ2) is 6.52. The first-order valence-corrected chi connectivity index (χ1v) is 6.98. The lowest BCUT2D eigenvalue weighted by atomic mass is 10.2. The van der Waals surface area contributed by atoms with Crippen LogP contribution in [0.25, 0.3) is 0 Å². The molecule has 2 aromatic rings. The molecule has 0 radical (unpaired) electrons. The van der Waals surface area contributed by atoms with E-state index in [1.807, 2.05) is 0 Å². The van der Waals surface area contributed by atoms with E-state index in [1.54, 1.807) is 19.1 Å². The molecule has 22 heavy (non-hydrogen) atoms. The number of pyridine rings is 1. The van der Waals surface area contributed by atoms with E-state index >= 15 is 0 Å². The molecule has 1 unspecified atom stereocenters. The Bertz CT molecular complexity index is 635. The van der Waals surface area contributed by atoms with E-state index in [0.29, 0.717) is 36.4 Å². The van der Waals surface area contributed by atoms with Gasteiger partial charge in [-0.15, -0.1) is 10.2 Å². The molecule has 1 aliphatic rings. The van der Waals surface area contributed by atoms with Crippen molar-refractivity contribution in [2.75, 3.05) is 13.2 Å². The zero-order chi connectivity index (χ0) is 15.4. The fraction of sp³-hybridized carbons (Fsp3) is 0.429. The van der Waals surface area contributed by atoms with Gasteiger partial charge in [-0.05, 0) is 6.07 Å². The number of nitrogens with one attached hydrogen (secondary N) is 1. The van der Waals surface area contributed by atoms with Crippen molar-refractivity contribution in [3.05, 3.63) is 35.7 Å².